The number of nitrogens with zero attached hydrogens (tertiary/aromatic N) is 3. The first-order valence-electron chi connectivity index (χ1n) is 14.5. The number of hydrogen-bond acceptors (Lipinski definition) is 3. The van der Waals surface area contributed by atoms with Gasteiger partial charge in [0.1, 0.15) is 28.4 Å². The van der Waals surface area contributed by atoms with Crippen LogP contribution in [0.5, 0.6) is 0 Å². The van der Waals surface area contributed by atoms with Gasteiger partial charge in [0.25, 0.3) is 0 Å². The van der Waals surface area contributed by atoms with E-state index in [1.807, 2.05) is 55.9 Å². The van der Waals surface area contributed by atoms with Crippen LogP contribution in [0.3, 0.4) is 0 Å². The molecule has 6 nitrogen and oxygen atoms in total. The third-order valence-corrected chi connectivity index (χ3v) is 9.07. The maximum atomic E-state index is 14.0. The fourth-order valence-electron chi connectivity index (χ4n) is 5.62. The summed E-state index contributed by atoms with van der Waals surface area (Å²) >= 11 is 0. The minimum absolute atomic E-state index is 0.0206. The van der Waals surface area contributed by atoms with Crippen LogP contribution in [-0.2, 0) is 35.8 Å². The summed E-state index contributed by atoms with van der Waals surface area (Å²) in [6.45, 7) is 4.29. The Morgan fingerprint density at radius 3 is 2.55 bits per heavy atom. The molecule has 0 bridgehead atoms. The number of benzene rings is 3. The highest BCUT2D eigenvalue weighted by Gasteiger charge is 2.46. The molecule has 0 spiro atoms. The summed E-state index contributed by atoms with van der Waals surface area (Å²) in [6, 6.07) is 18.1. The average molecular weight is 591 g/mol. The zero-order valence-electron chi connectivity index (χ0n) is 24.1. The SMILES string of the molecule is CC.Cn1ccnc1CN(C(=O)C1CC1c1cccc(F)c1)c1ccc2c(c1)C(NS(=O)c1cccc(F)c1)CCC2. The minimum Gasteiger partial charge on any atom is -0.337 e. The predicted molar refractivity (Wildman–Crippen MR) is 161 cm³/mol. The van der Waals surface area contributed by atoms with Crippen molar-refractivity contribution in [2.75, 3.05) is 4.90 Å². The van der Waals surface area contributed by atoms with Crippen molar-refractivity contribution in [3.63, 3.8) is 0 Å². The van der Waals surface area contributed by atoms with Crippen molar-refractivity contribution in [2.24, 2.45) is 13.0 Å². The molecule has 0 saturated heterocycles. The molecule has 4 aromatic rings. The molecule has 2 aliphatic carbocycles. The summed E-state index contributed by atoms with van der Waals surface area (Å²) in [7, 11) is 0.301. The van der Waals surface area contributed by atoms with Gasteiger partial charge >= 0.3 is 0 Å². The highest BCUT2D eigenvalue weighted by atomic mass is 32.2. The monoisotopic (exact) mass is 590 g/mol. The number of nitrogens with one attached hydrogen (secondary N) is 1. The Kier molecular flexibility index (Phi) is 9.28. The molecular weight excluding hydrogens is 554 g/mol. The van der Waals surface area contributed by atoms with Gasteiger partial charge in [0.15, 0.2) is 0 Å². The van der Waals surface area contributed by atoms with E-state index < -0.39 is 16.8 Å². The topological polar surface area (TPSA) is 67.2 Å². The molecule has 42 heavy (non-hydrogen) atoms. The first-order chi connectivity index (χ1) is 20.4. The van der Waals surface area contributed by atoms with Gasteiger partial charge in [-0.3, -0.25) is 4.79 Å². The van der Waals surface area contributed by atoms with Gasteiger partial charge in [-0.25, -0.2) is 22.7 Å². The van der Waals surface area contributed by atoms with E-state index in [0.29, 0.717) is 17.9 Å². The summed E-state index contributed by atoms with van der Waals surface area (Å²) in [5.41, 5.74) is 3.70. The van der Waals surface area contributed by atoms with Crippen LogP contribution in [0.1, 0.15) is 67.6 Å². The lowest BCUT2D eigenvalue weighted by Gasteiger charge is -2.29. The molecule has 220 valence electrons. The largest absolute Gasteiger partial charge is 0.337 e. The second-order valence-electron chi connectivity index (χ2n) is 10.6. The lowest BCUT2D eigenvalue weighted by molar-refractivity contribution is -0.120. The summed E-state index contributed by atoms with van der Waals surface area (Å²) in [6.07, 6.45) is 6.81. The zero-order chi connectivity index (χ0) is 29.8. The normalized spacial score (nSPS) is 19.7. The molecule has 2 aliphatic rings. The number of amides is 1. The minimum atomic E-state index is -1.59. The van der Waals surface area contributed by atoms with Crippen LogP contribution >= 0.6 is 0 Å². The number of anilines is 1. The molecule has 1 saturated carbocycles. The molecule has 1 aromatic heterocycles. The van der Waals surface area contributed by atoms with Gasteiger partial charge < -0.3 is 9.47 Å². The second-order valence-corrected chi connectivity index (χ2v) is 11.8. The standard InChI is InChI=1S/C31H30F2N4O2S.C2H6/c1-36-14-13-34-30(36)19-37(31(38)28-18-26(28)21-6-2-7-22(32)15-21)24-12-11-20-5-3-10-29(27(20)17-24)35-40(39)25-9-4-8-23(33)16-25;1-2/h2,4,6-9,11-17,26,28-29,35H,3,5,10,18-19H2,1H3;1-2H3. The maximum absolute atomic E-state index is 14.0. The quantitative estimate of drug-likeness (QED) is 0.247. The molecule has 0 radical (unpaired) electrons. The van der Waals surface area contributed by atoms with Crippen molar-refractivity contribution in [1.29, 1.82) is 0 Å². The Balaban J connectivity index is 0.00000173. The molecule has 4 atom stereocenters. The van der Waals surface area contributed by atoms with E-state index in [2.05, 4.69) is 9.71 Å². The third kappa shape index (κ3) is 6.52. The van der Waals surface area contributed by atoms with Crippen LogP contribution in [-0.4, -0.2) is 19.7 Å². The Bertz CT molecular complexity index is 1590. The van der Waals surface area contributed by atoms with E-state index in [4.69, 9.17) is 0 Å². The number of carbonyl (C=O) groups excluding carboxylic acids is 1. The van der Waals surface area contributed by atoms with Crippen molar-refractivity contribution in [1.82, 2.24) is 14.3 Å². The van der Waals surface area contributed by atoms with E-state index in [-0.39, 0.29) is 29.6 Å². The summed E-state index contributed by atoms with van der Waals surface area (Å²) < 4.78 is 45.8. The Morgan fingerprint density at radius 2 is 1.83 bits per heavy atom. The van der Waals surface area contributed by atoms with Crippen LogP contribution in [0.25, 0.3) is 0 Å². The molecule has 1 heterocycles. The number of halogens is 2. The lowest BCUT2D eigenvalue weighted by atomic mass is 9.87. The predicted octanol–water partition coefficient (Wildman–Crippen LogP) is 6.75. The number of rotatable bonds is 8. The van der Waals surface area contributed by atoms with Crippen LogP contribution < -0.4 is 9.62 Å². The van der Waals surface area contributed by atoms with Crippen molar-refractivity contribution in [3.8, 4) is 0 Å². The van der Waals surface area contributed by atoms with Crippen molar-refractivity contribution >= 4 is 22.6 Å². The van der Waals surface area contributed by atoms with E-state index in [0.717, 1.165) is 47.5 Å². The molecule has 1 amide bonds. The van der Waals surface area contributed by atoms with Crippen molar-refractivity contribution < 1.29 is 17.8 Å². The van der Waals surface area contributed by atoms with Gasteiger partial charge in [0.05, 0.1) is 11.4 Å². The first kappa shape index (κ1) is 29.8. The zero-order valence-corrected chi connectivity index (χ0v) is 24.9. The molecule has 1 fully saturated rings. The molecule has 4 unspecified atom stereocenters. The maximum Gasteiger partial charge on any atom is 0.231 e. The summed E-state index contributed by atoms with van der Waals surface area (Å²) in [5, 5.41) is 0. The van der Waals surface area contributed by atoms with Gasteiger partial charge in [-0.05, 0) is 90.8 Å². The van der Waals surface area contributed by atoms with Crippen molar-refractivity contribution in [2.45, 2.75) is 62.9 Å². The smallest absolute Gasteiger partial charge is 0.231 e. The average Bonchev–Trinajstić information content (AvgIpc) is 3.71. The van der Waals surface area contributed by atoms with Crippen LogP contribution in [0.4, 0.5) is 14.5 Å². The molecule has 9 heteroatoms. The van der Waals surface area contributed by atoms with E-state index >= 15 is 0 Å². The summed E-state index contributed by atoms with van der Waals surface area (Å²) in [5.74, 6) is -0.277. The highest BCUT2D eigenvalue weighted by molar-refractivity contribution is 7.83. The number of aromatic nitrogens is 2. The molecule has 6 rings (SSSR count). The van der Waals surface area contributed by atoms with Gasteiger partial charge in [0.2, 0.25) is 5.91 Å². The number of fused-ring (bicyclic) bond motifs is 1. The fraction of sp³-hybridized carbons (Fsp3) is 0.333. The molecular formula is C33H36F2N4O2S. The van der Waals surface area contributed by atoms with Gasteiger partial charge in [-0.2, -0.15) is 0 Å². The fourth-order valence-corrected chi connectivity index (χ4v) is 6.68. The first-order valence-corrected chi connectivity index (χ1v) is 15.6. The van der Waals surface area contributed by atoms with E-state index in [9.17, 15) is 17.8 Å². The number of imidazole rings is 1. The highest BCUT2D eigenvalue weighted by Crippen LogP contribution is 2.49. The number of carbonyl (C=O) groups is 1. The Morgan fingerprint density at radius 1 is 1.07 bits per heavy atom. The van der Waals surface area contributed by atoms with Crippen LogP contribution in [0.2, 0.25) is 0 Å². The summed E-state index contributed by atoms with van der Waals surface area (Å²) in [4.78, 5) is 20.5. The number of hydrogen-bond donors (Lipinski definition) is 1. The van der Waals surface area contributed by atoms with Gasteiger partial charge in [-0.15, -0.1) is 0 Å². The molecule has 3 aromatic carbocycles. The second kappa shape index (κ2) is 13.1. The third-order valence-electron chi connectivity index (χ3n) is 7.89. The van der Waals surface area contributed by atoms with Gasteiger partial charge in [0, 0.05) is 37.1 Å². The van der Waals surface area contributed by atoms with Crippen LogP contribution in [0.15, 0.2) is 84.0 Å². The van der Waals surface area contributed by atoms with E-state index in [1.165, 1.54) is 24.3 Å². The van der Waals surface area contributed by atoms with E-state index in [1.54, 1.807) is 29.3 Å². The number of aryl methyl sites for hydroxylation is 2. The Labute approximate surface area is 248 Å². The van der Waals surface area contributed by atoms with Crippen LogP contribution in [0, 0.1) is 17.6 Å². The molecule has 1 N–H and O–H groups in total. The lowest BCUT2D eigenvalue weighted by Crippen LogP contribution is -2.34. The molecule has 0 aliphatic heterocycles. The Hall–Kier alpha value is -3.69. The van der Waals surface area contributed by atoms with Crippen molar-refractivity contribution in [3.05, 3.63) is 113 Å². The van der Waals surface area contributed by atoms with Gasteiger partial charge in [-0.1, -0.05) is 38.1 Å².